The maximum Gasteiger partial charge on any atom is 0.359 e. The molecule has 0 spiro atoms. The van der Waals surface area contributed by atoms with E-state index in [1.165, 1.54) is 0 Å². The third-order valence-electron chi connectivity index (χ3n) is 5.32. The smallest absolute Gasteiger partial charge is 0.359 e. The van der Waals surface area contributed by atoms with Gasteiger partial charge >= 0.3 is 5.97 Å². The summed E-state index contributed by atoms with van der Waals surface area (Å²) in [4.78, 5) is 36.2. The predicted molar refractivity (Wildman–Crippen MR) is 107 cm³/mol. The fourth-order valence-electron chi connectivity index (χ4n) is 3.68. The Kier molecular flexibility index (Phi) is 4.77. The van der Waals surface area contributed by atoms with Crippen LogP contribution in [0.3, 0.4) is 0 Å². The normalized spacial score (nSPS) is 13.4. The summed E-state index contributed by atoms with van der Waals surface area (Å²) in [6, 6.07) is 5.38. The van der Waals surface area contributed by atoms with Crippen LogP contribution >= 0.6 is 0 Å². The molecule has 0 unspecified atom stereocenters. The van der Waals surface area contributed by atoms with E-state index in [0.29, 0.717) is 30.6 Å². The van der Waals surface area contributed by atoms with E-state index in [4.69, 9.17) is 4.74 Å². The molecule has 3 aromatic rings. The van der Waals surface area contributed by atoms with Gasteiger partial charge in [0, 0.05) is 36.8 Å². The van der Waals surface area contributed by atoms with Crippen molar-refractivity contribution in [2.24, 2.45) is 7.05 Å². The third kappa shape index (κ3) is 3.35. The van der Waals surface area contributed by atoms with E-state index in [1.807, 2.05) is 27.0 Å². The molecular weight excluding hydrogens is 370 g/mol. The fourth-order valence-corrected chi connectivity index (χ4v) is 3.68. The lowest BCUT2D eigenvalue weighted by atomic mass is 10.0. The first-order valence-corrected chi connectivity index (χ1v) is 9.65. The zero-order valence-electron chi connectivity index (χ0n) is 17.0. The van der Waals surface area contributed by atoms with Crippen molar-refractivity contribution >= 4 is 22.9 Å². The van der Waals surface area contributed by atoms with Crippen molar-refractivity contribution < 1.29 is 14.3 Å². The van der Waals surface area contributed by atoms with Crippen molar-refractivity contribution in [1.82, 2.24) is 24.6 Å². The fraction of sp³-hybridized carbons (Fsp3) is 0.381. The molecule has 3 heterocycles. The van der Waals surface area contributed by atoms with Gasteiger partial charge in [-0.1, -0.05) is 0 Å². The second-order valence-electron chi connectivity index (χ2n) is 7.19. The molecule has 0 saturated heterocycles. The number of carbonyl (C=O) groups excluding carboxylic acids is 2. The molecule has 0 aliphatic carbocycles. The van der Waals surface area contributed by atoms with E-state index >= 15 is 0 Å². The van der Waals surface area contributed by atoms with E-state index in [2.05, 4.69) is 15.1 Å². The molecule has 1 aliphatic heterocycles. The zero-order chi connectivity index (χ0) is 20.7. The lowest BCUT2D eigenvalue weighted by molar-refractivity contribution is 0.0513. The average molecular weight is 393 g/mol. The van der Waals surface area contributed by atoms with E-state index in [1.54, 1.807) is 28.6 Å². The van der Waals surface area contributed by atoms with Crippen LogP contribution in [0.1, 0.15) is 50.4 Å². The van der Waals surface area contributed by atoms with Gasteiger partial charge in [-0.2, -0.15) is 5.10 Å². The number of hydrogen-bond donors (Lipinski definition) is 0. The minimum atomic E-state index is -0.453. The summed E-state index contributed by atoms with van der Waals surface area (Å²) in [5, 5.41) is 4.32. The highest BCUT2D eigenvalue weighted by Gasteiger charge is 2.30. The molecule has 0 atom stereocenters. The van der Waals surface area contributed by atoms with Crippen molar-refractivity contribution in [3.8, 4) is 0 Å². The first-order chi connectivity index (χ1) is 13.9. The minimum Gasteiger partial charge on any atom is -0.461 e. The number of aryl methyl sites for hydroxylation is 3. The predicted octanol–water partition coefficient (Wildman–Crippen LogP) is 2.36. The number of amides is 1. The number of nitrogens with zero attached hydrogens (tertiary/aromatic N) is 5. The van der Waals surface area contributed by atoms with Crippen molar-refractivity contribution in [2.45, 2.75) is 33.7 Å². The Morgan fingerprint density at radius 2 is 1.86 bits per heavy atom. The number of aromatic nitrogens is 4. The molecule has 1 aromatic carbocycles. The van der Waals surface area contributed by atoms with Crippen molar-refractivity contribution in [1.29, 1.82) is 0 Å². The van der Waals surface area contributed by atoms with Crippen molar-refractivity contribution in [3.63, 3.8) is 0 Å². The Balaban J connectivity index is 1.64. The van der Waals surface area contributed by atoms with Gasteiger partial charge in [-0.3, -0.25) is 9.48 Å². The number of carbonyl (C=O) groups is 2. The van der Waals surface area contributed by atoms with Crippen molar-refractivity contribution in [3.05, 3.63) is 52.1 Å². The Labute approximate surface area is 168 Å². The van der Waals surface area contributed by atoms with Gasteiger partial charge in [-0.05, 0) is 39.0 Å². The summed E-state index contributed by atoms with van der Waals surface area (Å²) in [5.74, 6) is -0.554. The second-order valence-corrected chi connectivity index (χ2v) is 7.19. The molecule has 0 fully saturated rings. The summed E-state index contributed by atoms with van der Waals surface area (Å²) >= 11 is 0. The van der Waals surface area contributed by atoms with Gasteiger partial charge in [-0.15, -0.1) is 0 Å². The molecule has 150 valence electrons. The molecule has 2 aromatic heterocycles. The lowest BCUT2D eigenvalue weighted by Gasteiger charge is -2.27. The molecule has 8 heteroatoms. The van der Waals surface area contributed by atoms with E-state index in [9.17, 15) is 9.59 Å². The van der Waals surface area contributed by atoms with Crippen LogP contribution in [0.4, 0.5) is 0 Å². The van der Waals surface area contributed by atoms with Gasteiger partial charge in [0.25, 0.3) is 5.91 Å². The first kappa shape index (κ1) is 19.0. The van der Waals surface area contributed by atoms with Gasteiger partial charge in [0.2, 0.25) is 0 Å². The van der Waals surface area contributed by atoms with Crippen LogP contribution < -0.4 is 0 Å². The Bertz CT molecular complexity index is 1140. The summed E-state index contributed by atoms with van der Waals surface area (Å²) in [5.41, 5.74) is 5.76. The minimum absolute atomic E-state index is 0.101. The second kappa shape index (κ2) is 7.27. The summed E-state index contributed by atoms with van der Waals surface area (Å²) in [7, 11) is 1.81. The largest absolute Gasteiger partial charge is 0.461 e. The standard InChI is InChI=1S/C21H23N5O3/c1-5-29-21(28)19-15-11-26(9-8-18(15)25(4)24-19)20(27)14-6-7-16-17(10-14)23-13(3)12(2)22-16/h6-7,10H,5,8-9,11H2,1-4H3. The number of benzene rings is 1. The maximum absolute atomic E-state index is 13.2. The number of hydrogen-bond acceptors (Lipinski definition) is 6. The Morgan fingerprint density at radius 3 is 2.59 bits per heavy atom. The number of rotatable bonds is 3. The summed E-state index contributed by atoms with van der Waals surface area (Å²) in [6.45, 7) is 6.75. The van der Waals surface area contributed by atoms with Crippen LogP contribution in [0.15, 0.2) is 18.2 Å². The van der Waals surface area contributed by atoms with Crippen LogP contribution in [0.2, 0.25) is 0 Å². The molecule has 8 nitrogen and oxygen atoms in total. The average Bonchev–Trinajstić information content (AvgIpc) is 3.04. The number of ether oxygens (including phenoxy) is 1. The van der Waals surface area contributed by atoms with Crippen LogP contribution in [0.5, 0.6) is 0 Å². The van der Waals surface area contributed by atoms with E-state index < -0.39 is 5.97 Å². The highest BCUT2D eigenvalue weighted by molar-refractivity contribution is 5.97. The highest BCUT2D eigenvalue weighted by Crippen LogP contribution is 2.25. The molecular formula is C21H23N5O3. The van der Waals surface area contributed by atoms with Crippen LogP contribution in [-0.4, -0.2) is 49.7 Å². The number of esters is 1. The Hall–Kier alpha value is -3.29. The maximum atomic E-state index is 13.2. The number of fused-ring (bicyclic) bond motifs is 2. The van der Waals surface area contributed by atoms with E-state index in [0.717, 1.165) is 28.2 Å². The molecule has 4 rings (SSSR count). The molecule has 29 heavy (non-hydrogen) atoms. The highest BCUT2D eigenvalue weighted by atomic mass is 16.5. The van der Waals surface area contributed by atoms with E-state index in [-0.39, 0.29) is 18.2 Å². The molecule has 0 bridgehead atoms. The molecule has 0 saturated carbocycles. The first-order valence-electron chi connectivity index (χ1n) is 9.65. The van der Waals surface area contributed by atoms with Crippen LogP contribution in [0, 0.1) is 13.8 Å². The molecule has 0 N–H and O–H groups in total. The Morgan fingerprint density at radius 1 is 1.14 bits per heavy atom. The SMILES string of the molecule is CCOC(=O)c1nn(C)c2c1CN(C(=O)c1ccc3nc(C)c(C)nc3c1)CC2. The molecule has 0 radical (unpaired) electrons. The zero-order valence-corrected chi connectivity index (χ0v) is 17.0. The third-order valence-corrected chi connectivity index (χ3v) is 5.32. The monoisotopic (exact) mass is 393 g/mol. The molecule has 1 amide bonds. The summed E-state index contributed by atoms with van der Waals surface area (Å²) < 4.78 is 6.83. The van der Waals surface area contributed by atoms with Gasteiger partial charge in [-0.25, -0.2) is 14.8 Å². The lowest BCUT2D eigenvalue weighted by Crippen LogP contribution is -2.36. The van der Waals surface area contributed by atoms with Gasteiger partial charge < -0.3 is 9.64 Å². The van der Waals surface area contributed by atoms with Gasteiger partial charge in [0.1, 0.15) is 0 Å². The van der Waals surface area contributed by atoms with Crippen LogP contribution in [-0.2, 0) is 24.8 Å². The van der Waals surface area contributed by atoms with Gasteiger partial charge in [0.05, 0.1) is 35.6 Å². The van der Waals surface area contributed by atoms with Crippen molar-refractivity contribution in [2.75, 3.05) is 13.2 Å². The van der Waals surface area contributed by atoms with Crippen LogP contribution in [0.25, 0.3) is 11.0 Å². The molecule has 1 aliphatic rings. The summed E-state index contributed by atoms with van der Waals surface area (Å²) in [6.07, 6.45) is 0.635. The topological polar surface area (TPSA) is 90.2 Å². The quantitative estimate of drug-likeness (QED) is 0.635. The van der Waals surface area contributed by atoms with Gasteiger partial charge in [0.15, 0.2) is 5.69 Å².